The molecule has 0 saturated carbocycles. The Hall–Kier alpha value is -5.97. The van der Waals surface area contributed by atoms with Crippen LogP contribution in [0.15, 0.2) is 97.7 Å². The van der Waals surface area contributed by atoms with Gasteiger partial charge < -0.3 is 29.3 Å². The summed E-state index contributed by atoms with van der Waals surface area (Å²) in [6, 6.07) is 21.6. The highest BCUT2D eigenvalue weighted by Gasteiger charge is 2.26. The number of aryl methyl sites for hydroxylation is 2. The van der Waals surface area contributed by atoms with Crippen LogP contribution in [0, 0.1) is 0 Å². The Bertz CT molecular complexity index is 2150. The van der Waals surface area contributed by atoms with Gasteiger partial charge in [-0.1, -0.05) is 36.4 Å². The molecule has 47 heavy (non-hydrogen) atoms. The van der Waals surface area contributed by atoms with Crippen molar-refractivity contribution in [2.45, 2.75) is 31.8 Å². The summed E-state index contributed by atoms with van der Waals surface area (Å²) in [4.78, 5) is 28.6. The number of carbonyl (C=O) groups excluding carboxylic acids is 1. The molecule has 3 N–H and O–H groups in total. The Balaban J connectivity index is 1.30. The summed E-state index contributed by atoms with van der Waals surface area (Å²) in [5.41, 5.74) is 5.50. The first-order chi connectivity index (χ1) is 23.1. The average molecular weight is 627 g/mol. The standard InChI is InChI=1S/C36H34N8O3/c1-46-26-13-11-24(33(18-26)47-2)22-44-34(14-12-23-19-39-29-9-5-3-7-27(23)29)42-43-35(44)31(41-36(45)32-21-37-15-16-38-32)17-25-20-40-30-10-6-4-8-28(25)30/h3-11,13,15-16,18-21,31,39-40H,12,14,17,22H2,1-2H3,(H,41,45)/t31-/m1/s1. The number of aromatic amines is 2. The summed E-state index contributed by atoms with van der Waals surface area (Å²) in [5.74, 6) is 2.45. The topological polar surface area (TPSA) is 136 Å². The monoisotopic (exact) mass is 626 g/mol. The molecule has 7 aromatic rings. The lowest BCUT2D eigenvalue weighted by Gasteiger charge is -2.21. The zero-order chi connectivity index (χ0) is 32.2. The fraction of sp³-hybridized carbons (Fsp3) is 0.194. The lowest BCUT2D eigenvalue weighted by atomic mass is 10.0. The molecule has 11 heteroatoms. The number of benzene rings is 3. The molecule has 0 saturated heterocycles. The highest BCUT2D eigenvalue weighted by molar-refractivity contribution is 5.92. The smallest absolute Gasteiger partial charge is 0.272 e. The van der Waals surface area contributed by atoms with E-state index in [2.05, 4.69) is 54.2 Å². The molecule has 0 aliphatic rings. The summed E-state index contributed by atoms with van der Waals surface area (Å²) in [6.07, 6.45) is 10.4. The summed E-state index contributed by atoms with van der Waals surface area (Å²) in [5, 5.41) is 14.9. The molecule has 0 radical (unpaired) electrons. The molecule has 0 fully saturated rings. The number of rotatable bonds is 12. The summed E-state index contributed by atoms with van der Waals surface area (Å²) in [7, 11) is 3.27. The Labute approximate surface area is 271 Å². The molecule has 1 atom stereocenters. The molecule has 7 rings (SSSR count). The summed E-state index contributed by atoms with van der Waals surface area (Å²) < 4.78 is 13.3. The Morgan fingerprint density at radius 2 is 1.60 bits per heavy atom. The third-order valence-electron chi connectivity index (χ3n) is 8.48. The molecular formula is C36H34N8O3. The Morgan fingerprint density at radius 3 is 2.32 bits per heavy atom. The Morgan fingerprint density at radius 1 is 0.851 bits per heavy atom. The second kappa shape index (κ2) is 13.2. The van der Waals surface area contributed by atoms with E-state index in [1.54, 1.807) is 20.4 Å². The molecule has 3 aromatic carbocycles. The summed E-state index contributed by atoms with van der Waals surface area (Å²) in [6.45, 7) is 0.421. The second-order valence-electron chi connectivity index (χ2n) is 11.3. The first-order valence-corrected chi connectivity index (χ1v) is 15.4. The number of methoxy groups -OCH3 is 2. The molecule has 0 aliphatic heterocycles. The van der Waals surface area contributed by atoms with Crippen LogP contribution in [0.2, 0.25) is 0 Å². The molecule has 236 valence electrons. The van der Waals surface area contributed by atoms with Crippen LogP contribution in [-0.2, 0) is 25.8 Å². The number of fused-ring (bicyclic) bond motifs is 2. The number of para-hydroxylation sites is 2. The van der Waals surface area contributed by atoms with E-state index in [4.69, 9.17) is 19.7 Å². The van der Waals surface area contributed by atoms with Crippen LogP contribution in [0.5, 0.6) is 11.5 Å². The summed E-state index contributed by atoms with van der Waals surface area (Å²) >= 11 is 0. The maximum Gasteiger partial charge on any atom is 0.272 e. The average Bonchev–Trinajstić information content (AvgIpc) is 3.84. The number of nitrogens with one attached hydrogen (secondary N) is 3. The minimum absolute atomic E-state index is 0.221. The van der Waals surface area contributed by atoms with Crippen molar-refractivity contribution in [1.29, 1.82) is 0 Å². The van der Waals surface area contributed by atoms with Crippen molar-refractivity contribution in [3.05, 3.63) is 132 Å². The van der Waals surface area contributed by atoms with Crippen LogP contribution in [0.25, 0.3) is 21.8 Å². The van der Waals surface area contributed by atoms with Gasteiger partial charge in [0.1, 0.15) is 23.0 Å². The molecule has 0 unspecified atom stereocenters. The number of hydrogen-bond donors (Lipinski definition) is 3. The predicted octanol–water partition coefficient (Wildman–Crippen LogP) is 5.60. The van der Waals surface area contributed by atoms with Crippen molar-refractivity contribution in [3.63, 3.8) is 0 Å². The SMILES string of the molecule is COc1ccc(Cn2c(CCc3c[nH]c4ccccc34)nnc2[C@@H](Cc2c[nH]c3ccccc23)NC(=O)c2cnccn2)c(OC)c1. The minimum atomic E-state index is -0.540. The lowest BCUT2D eigenvalue weighted by molar-refractivity contribution is 0.0928. The first kappa shape index (κ1) is 29.7. The number of ether oxygens (including phenoxy) is 2. The van der Waals surface area contributed by atoms with Crippen molar-refractivity contribution in [2.24, 2.45) is 0 Å². The second-order valence-corrected chi connectivity index (χ2v) is 11.3. The molecule has 4 heterocycles. The molecule has 0 aliphatic carbocycles. The first-order valence-electron chi connectivity index (χ1n) is 15.4. The van der Waals surface area contributed by atoms with Crippen LogP contribution >= 0.6 is 0 Å². The Kier molecular flexibility index (Phi) is 8.33. The van der Waals surface area contributed by atoms with Crippen molar-refractivity contribution < 1.29 is 14.3 Å². The maximum absolute atomic E-state index is 13.6. The third-order valence-corrected chi connectivity index (χ3v) is 8.48. The van der Waals surface area contributed by atoms with E-state index in [1.807, 2.05) is 54.7 Å². The van der Waals surface area contributed by atoms with Crippen molar-refractivity contribution in [2.75, 3.05) is 14.2 Å². The molecule has 0 spiro atoms. The number of carbonyl (C=O) groups is 1. The van der Waals surface area contributed by atoms with Gasteiger partial charge >= 0.3 is 0 Å². The number of H-pyrrole nitrogens is 2. The molecule has 4 aromatic heterocycles. The maximum atomic E-state index is 13.6. The fourth-order valence-corrected chi connectivity index (χ4v) is 6.08. The van der Waals surface area contributed by atoms with Crippen LogP contribution in [-0.4, -0.2) is 54.8 Å². The van der Waals surface area contributed by atoms with Gasteiger partial charge in [-0.25, -0.2) is 4.98 Å². The van der Waals surface area contributed by atoms with Gasteiger partial charge in [-0.15, -0.1) is 10.2 Å². The van der Waals surface area contributed by atoms with Gasteiger partial charge in [0.25, 0.3) is 5.91 Å². The van der Waals surface area contributed by atoms with Crippen molar-refractivity contribution >= 4 is 27.7 Å². The number of nitrogens with zero attached hydrogens (tertiary/aromatic N) is 5. The lowest BCUT2D eigenvalue weighted by Crippen LogP contribution is -2.33. The van der Waals surface area contributed by atoms with Gasteiger partial charge in [-0.05, 0) is 41.8 Å². The molecular weight excluding hydrogens is 592 g/mol. The number of amides is 1. The van der Waals surface area contributed by atoms with E-state index in [9.17, 15) is 4.79 Å². The van der Waals surface area contributed by atoms with E-state index in [0.29, 0.717) is 36.7 Å². The van der Waals surface area contributed by atoms with E-state index in [-0.39, 0.29) is 11.6 Å². The number of aromatic nitrogens is 7. The van der Waals surface area contributed by atoms with E-state index in [0.717, 1.165) is 39.8 Å². The van der Waals surface area contributed by atoms with Gasteiger partial charge in [0, 0.05) is 71.1 Å². The number of hydrogen-bond acceptors (Lipinski definition) is 7. The fourth-order valence-electron chi connectivity index (χ4n) is 6.08. The van der Waals surface area contributed by atoms with Crippen LogP contribution < -0.4 is 14.8 Å². The van der Waals surface area contributed by atoms with E-state index >= 15 is 0 Å². The zero-order valence-corrected chi connectivity index (χ0v) is 26.1. The quantitative estimate of drug-likeness (QED) is 0.161. The highest BCUT2D eigenvalue weighted by atomic mass is 16.5. The van der Waals surface area contributed by atoms with Gasteiger partial charge in [0.05, 0.1) is 33.0 Å². The van der Waals surface area contributed by atoms with Crippen molar-refractivity contribution in [3.8, 4) is 11.5 Å². The van der Waals surface area contributed by atoms with Gasteiger partial charge in [-0.2, -0.15) is 0 Å². The largest absolute Gasteiger partial charge is 0.497 e. The molecule has 11 nitrogen and oxygen atoms in total. The van der Waals surface area contributed by atoms with Crippen LogP contribution in [0.1, 0.15) is 44.9 Å². The third kappa shape index (κ3) is 6.15. The van der Waals surface area contributed by atoms with Gasteiger partial charge in [0.15, 0.2) is 5.82 Å². The van der Waals surface area contributed by atoms with Crippen LogP contribution in [0.3, 0.4) is 0 Å². The minimum Gasteiger partial charge on any atom is -0.497 e. The normalized spacial score (nSPS) is 12.0. The van der Waals surface area contributed by atoms with E-state index in [1.165, 1.54) is 23.3 Å². The van der Waals surface area contributed by atoms with Crippen LogP contribution in [0.4, 0.5) is 0 Å². The zero-order valence-electron chi connectivity index (χ0n) is 26.1. The predicted molar refractivity (Wildman–Crippen MR) is 179 cm³/mol. The molecule has 1 amide bonds. The van der Waals surface area contributed by atoms with Gasteiger partial charge in [0.2, 0.25) is 0 Å². The van der Waals surface area contributed by atoms with E-state index < -0.39 is 6.04 Å². The van der Waals surface area contributed by atoms with Gasteiger partial charge in [-0.3, -0.25) is 9.78 Å². The highest BCUT2D eigenvalue weighted by Crippen LogP contribution is 2.29. The molecule has 0 bridgehead atoms. The van der Waals surface area contributed by atoms with Crippen molar-refractivity contribution in [1.82, 2.24) is 40.0 Å².